The van der Waals surface area contributed by atoms with E-state index in [9.17, 15) is 8.78 Å². The van der Waals surface area contributed by atoms with E-state index in [0.717, 1.165) is 18.5 Å². The van der Waals surface area contributed by atoms with Gasteiger partial charge in [0.15, 0.2) is 0 Å². The van der Waals surface area contributed by atoms with Gasteiger partial charge in [0.1, 0.15) is 23.6 Å². The van der Waals surface area contributed by atoms with Crippen molar-refractivity contribution in [2.45, 2.75) is 39.7 Å². The molecule has 108 valence electrons. The zero-order valence-corrected chi connectivity index (χ0v) is 11.4. The van der Waals surface area contributed by atoms with E-state index in [1.807, 2.05) is 6.92 Å². The van der Waals surface area contributed by atoms with Gasteiger partial charge in [-0.25, -0.2) is 18.7 Å². The number of halogens is 2. The quantitative estimate of drug-likeness (QED) is 0.709. The molecule has 1 atom stereocenters. The molecule has 0 spiro atoms. The van der Waals surface area contributed by atoms with Crippen LogP contribution >= 0.6 is 0 Å². The SMILES string of the molecule is CCCNc1nc(C)nc(NCC(O)C(F)F)c1C. The van der Waals surface area contributed by atoms with Gasteiger partial charge in [-0.15, -0.1) is 0 Å². The van der Waals surface area contributed by atoms with Gasteiger partial charge in [-0.05, 0) is 20.3 Å². The van der Waals surface area contributed by atoms with Crippen LogP contribution in [0.4, 0.5) is 20.4 Å². The molecule has 0 bridgehead atoms. The summed E-state index contributed by atoms with van der Waals surface area (Å²) in [7, 11) is 0. The molecular weight excluding hydrogens is 254 g/mol. The lowest BCUT2D eigenvalue weighted by Crippen LogP contribution is -2.27. The number of aromatic nitrogens is 2. The number of aliphatic hydroxyl groups is 1. The number of rotatable bonds is 7. The van der Waals surface area contributed by atoms with Crippen molar-refractivity contribution in [3.05, 3.63) is 11.4 Å². The van der Waals surface area contributed by atoms with Crippen molar-refractivity contribution in [1.29, 1.82) is 0 Å². The predicted octanol–water partition coefficient (Wildman–Crippen LogP) is 1.95. The van der Waals surface area contributed by atoms with Crippen LogP contribution < -0.4 is 10.6 Å². The van der Waals surface area contributed by atoms with Gasteiger partial charge in [-0.3, -0.25) is 0 Å². The molecule has 7 heteroatoms. The average molecular weight is 274 g/mol. The van der Waals surface area contributed by atoms with Gasteiger partial charge in [0.25, 0.3) is 6.43 Å². The minimum atomic E-state index is -2.77. The van der Waals surface area contributed by atoms with Crippen LogP contribution in [-0.4, -0.2) is 40.7 Å². The number of hydrogen-bond donors (Lipinski definition) is 3. The fourth-order valence-corrected chi connectivity index (χ4v) is 1.51. The number of nitrogens with zero attached hydrogens (tertiary/aromatic N) is 2. The minimum Gasteiger partial charge on any atom is -0.385 e. The van der Waals surface area contributed by atoms with E-state index in [4.69, 9.17) is 5.11 Å². The summed E-state index contributed by atoms with van der Waals surface area (Å²) in [6.07, 6.45) is -3.52. The first-order valence-corrected chi connectivity index (χ1v) is 6.24. The number of nitrogens with one attached hydrogen (secondary N) is 2. The molecular formula is C12H20F2N4O. The summed E-state index contributed by atoms with van der Waals surface area (Å²) >= 11 is 0. The van der Waals surface area contributed by atoms with Gasteiger partial charge in [0.05, 0.1) is 0 Å². The van der Waals surface area contributed by atoms with Crippen molar-refractivity contribution in [2.24, 2.45) is 0 Å². The Balaban J connectivity index is 2.79. The number of alkyl halides is 2. The normalized spacial score (nSPS) is 12.6. The van der Waals surface area contributed by atoms with Crippen molar-refractivity contribution in [2.75, 3.05) is 23.7 Å². The van der Waals surface area contributed by atoms with Crippen molar-refractivity contribution in [3.8, 4) is 0 Å². The number of aryl methyl sites for hydroxylation is 1. The summed E-state index contributed by atoms with van der Waals surface area (Å²) in [6.45, 7) is 6.09. The van der Waals surface area contributed by atoms with E-state index >= 15 is 0 Å². The van der Waals surface area contributed by atoms with Crippen molar-refractivity contribution < 1.29 is 13.9 Å². The zero-order valence-electron chi connectivity index (χ0n) is 11.4. The van der Waals surface area contributed by atoms with Crippen LogP contribution in [0.15, 0.2) is 0 Å². The second-order valence-electron chi connectivity index (χ2n) is 4.30. The third-order valence-corrected chi connectivity index (χ3v) is 2.57. The molecule has 0 aliphatic heterocycles. The first-order valence-electron chi connectivity index (χ1n) is 6.24. The summed E-state index contributed by atoms with van der Waals surface area (Å²) in [6, 6.07) is 0. The Morgan fingerprint density at radius 2 is 1.74 bits per heavy atom. The van der Waals surface area contributed by atoms with Gasteiger partial charge in [0.2, 0.25) is 0 Å². The van der Waals surface area contributed by atoms with Crippen LogP contribution in [0.2, 0.25) is 0 Å². The fourth-order valence-electron chi connectivity index (χ4n) is 1.51. The highest BCUT2D eigenvalue weighted by Gasteiger charge is 2.17. The maximum absolute atomic E-state index is 12.2. The predicted molar refractivity (Wildman–Crippen MR) is 70.8 cm³/mol. The van der Waals surface area contributed by atoms with Crippen LogP contribution in [0.5, 0.6) is 0 Å². The van der Waals surface area contributed by atoms with Crippen LogP contribution in [0, 0.1) is 13.8 Å². The molecule has 0 fully saturated rings. The first kappa shape index (κ1) is 15.6. The number of anilines is 2. The van der Waals surface area contributed by atoms with Gasteiger partial charge in [0, 0.05) is 18.7 Å². The molecule has 0 saturated carbocycles. The van der Waals surface area contributed by atoms with Crippen molar-refractivity contribution in [3.63, 3.8) is 0 Å². The molecule has 1 aromatic heterocycles. The monoisotopic (exact) mass is 274 g/mol. The molecule has 1 unspecified atom stereocenters. The molecule has 0 aliphatic rings. The number of hydrogen-bond acceptors (Lipinski definition) is 5. The standard InChI is InChI=1S/C12H20F2N4O/c1-4-5-15-11-7(2)12(18-8(3)17-11)16-6-9(19)10(13)14/h9-10,19H,4-6H2,1-3H3,(H2,15,16,17,18). The smallest absolute Gasteiger partial charge is 0.265 e. The van der Waals surface area contributed by atoms with E-state index < -0.39 is 12.5 Å². The van der Waals surface area contributed by atoms with Crippen LogP contribution in [0.25, 0.3) is 0 Å². The molecule has 3 N–H and O–H groups in total. The molecule has 0 aliphatic carbocycles. The van der Waals surface area contributed by atoms with Crippen molar-refractivity contribution >= 4 is 11.6 Å². The Morgan fingerprint density at radius 1 is 1.16 bits per heavy atom. The van der Waals surface area contributed by atoms with E-state index in [2.05, 4.69) is 20.6 Å². The Hall–Kier alpha value is -1.50. The first-order chi connectivity index (χ1) is 8.95. The summed E-state index contributed by atoms with van der Waals surface area (Å²) in [5.74, 6) is 1.69. The third-order valence-electron chi connectivity index (χ3n) is 2.57. The van der Waals surface area contributed by atoms with Crippen LogP contribution in [0.1, 0.15) is 24.7 Å². The lowest BCUT2D eigenvalue weighted by Gasteiger charge is -2.15. The molecule has 5 nitrogen and oxygen atoms in total. The van der Waals surface area contributed by atoms with Gasteiger partial charge >= 0.3 is 0 Å². The molecule has 1 rings (SSSR count). The Labute approximate surface area is 111 Å². The third kappa shape index (κ3) is 4.59. The zero-order chi connectivity index (χ0) is 14.4. The fraction of sp³-hybridized carbons (Fsp3) is 0.667. The second kappa shape index (κ2) is 7.18. The van der Waals surface area contributed by atoms with E-state index in [1.54, 1.807) is 13.8 Å². The summed E-state index contributed by atoms with van der Waals surface area (Å²) < 4.78 is 24.4. The molecule has 1 heterocycles. The summed E-state index contributed by atoms with van der Waals surface area (Å²) in [5.41, 5.74) is 0.750. The van der Waals surface area contributed by atoms with Crippen LogP contribution in [0.3, 0.4) is 0 Å². The Morgan fingerprint density at radius 3 is 2.26 bits per heavy atom. The van der Waals surface area contributed by atoms with Gasteiger partial charge in [-0.2, -0.15) is 0 Å². The molecule has 0 radical (unpaired) electrons. The highest BCUT2D eigenvalue weighted by Crippen LogP contribution is 2.20. The lowest BCUT2D eigenvalue weighted by atomic mass is 10.2. The maximum Gasteiger partial charge on any atom is 0.265 e. The van der Waals surface area contributed by atoms with Crippen molar-refractivity contribution in [1.82, 2.24) is 9.97 Å². The topological polar surface area (TPSA) is 70.1 Å². The summed E-state index contributed by atoms with van der Waals surface area (Å²) in [5, 5.41) is 15.0. The summed E-state index contributed by atoms with van der Waals surface area (Å²) in [4.78, 5) is 8.41. The second-order valence-corrected chi connectivity index (χ2v) is 4.30. The lowest BCUT2D eigenvalue weighted by molar-refractivity contribution is 0.00380. The highest BCUT2D eigenvalue weighted by molar-refractivity contribution is 5.57. The van der Waals surface area contributed by atoms with Gasteiger partial charge in [-0.1, -0.05) is 6.92 Å². The molecule has 0 amide bonds. The number of aliphatic hydroxyl groups excluding tert-OH is 1. The molecule has 19 heavy (non-hydrogen) atoms. The maximum atomic E-state index is 12.2. The average Bonchev–Trinajstić information content (AvgIpc) is 2.37. The highest BCUT2D eigenvalue weighted by atomic mass is 19.3. The minimum absolute atomic E-state index is 0.248. The molecule has 0 saturated heterocycles. The van der Waals surface area contributed by atoms with Gasteiger partial charge < -0.3 is 15.7 Å². The molecule has 0 aromatic carbocycles. The van der Waals surface area contributed by atoms with E-state index in [1.165, 1.54) is 0 Å². The largest absolute Gasteiger partial charge is 0.385 e. The van der Waals surface area contributed by atoms with E-state index in [0.29, 0.717) is 17.5 Å². The van der Waals surface area contributed by atoms with Crippen LogP contribution in [-0.2, 0) is 0 Å². The Kier molecular flexibility index (Phi) is 5.88. The van der Waals surface area contributed by atoms with E-state index in [-0.39, 0.29) is 6.54 Å². The Bertz CT molecular complexity index is 415. The molecule has 1 aromatic rings.